The third-order valence-corrected chi connectivity index (χ3v) is 5.09. The topological polar surface area (TPSA) is 15.3 Å². The lowest BCUT2D eigenvalue weighted by Gasteiger charge is -2.23. The molecule has 0 aliphatic rings. The summed E-state index contributed by atoms with van der Waals surface area (Å²) < 4.78 is 2.27. The van der Waals surface area contributed by atoms with Crippen molar-refractivity contribution in [3.8, 4) is 0 Å². The lowest BCUT2D eigenvalue weighted by molar-refractivity contribution is 0.652. The molecule has 1 unspecified atom stereocenters. The van der Waals surface area contributed by atoms with Gasteiger partial charge in [-0.1, -0.05) is 40.2 Å². The summed E-state index contributed by atoms with van der Waals surface area (Å²) >= 11 is 7.31. The number of anilines is 1. The van der Waals surface area contributed by atoms with Gasteiger partial charge >= 0.3 is 0 Å². The van der Waals surface area contributed by atoms with Crippen LogP contribution in [-0.4, -0.2) is 14.1 Å². The van der Waals surface area contributed by atoms with E-state index >= 15 is 0 Å². The molecule has 0 fully saturated rings. The summed E-state index contributed by atoms with van der Waals surface area (Å²) in [5, 5.41) is 3.26. The smallest absolute Gasteiger partial charge is 0.0511 e. The first-order chi connectivity index (χ1) is 10.0. The minimum atomic E-state index is 0.351. The Kier molecular flexibility index (Phi) is 5.85. The van der Waals surface area contributed by atoms with Crippen molar-refractivity contribution in [2.24, 2.45) is 0 Å². The molecule has 21 heavy (non-hydrogen) atoms. The van der Waals surface area contributed by atoms with Crippen molar-refractivity contribution in [3.63, 3.8) is 0 Å². The normalized spacial score (nSPS) is 12.2. The highest BCUT2D eigenvalue weighted by Gasteiger charge is 2.10. The second-order valence-electron chi connectivity index (χ2n) is 5.17. The van der Waals surface area contributed by atoms with Crippen LogP contribution in [0, 0.1) is 0 Å². The van der Waals surface area contributed by atoms with Crippen LogP contribution in [0.1, 0.15) is 24.1 Å². The van der Waals surface area contributed by atoms with Gasteiger partial charge in [-0.25, -0.2) is 0 Å². The van der Waals surface area contributed by atoms with Crippen molar-refractivity contribution in [1.82, 2.24) is 5.32 Å². The summed E-state index contributed by atoms with van der Waals surface area (Å²) in [5.74, 6) is 0. The molecule has 0 aromatic heterocycles. The zero-order valence-electron chi connectivity index (χ0n) is 12.5. The summed E-state index contributed by atoms with van der Waals surface area (Å²) in [4.78, 5) is 2.25. The molecule has 112 valence electrons. The van der Waals surface area contributed by atoms with E-state index in [9.17, 15) is 0 Å². The van der Waals surface area contributed by atoms with E-state index in [4.69, 9.17) is 0 Å². The molecule has 2 nitrogen and oxygen atoms in total. The van der Waals surface area contributed by atoms with E-state index in [0.717, 1.165) is 15.5 Å². The zero-order valence-corrected chi connectivity index (χ0v) is 15.7. The van der Waals surface area contributed by atoms with Crippen LogP contribution in [0.2, 0.25) is 0 Å². The second kappa shape index (κ2) is 7.43. The molecule has 2 rings (SSSR count). The maximum absolute atomic E-state index is 3.70. The molecule has 4 heteroatoms. The van der Waals surface area contributed by atoms with Crippen LogP contribution in [-0.2, 0) is 6.54 Å². The molecule has 2 aromatic rings. The van der Waals surface area contributed by atoms with Crippen LogP contribution < -0.4 is 10.2 Å². The zero-order chi connectivity index (χ0) is 15.4. The Morgan fingerprint density at radius 3 is 2.43 bits per heavy atom. The molecule has 0 aliphatic carbocycles. The van der Waals surface area contributed by atoms with Gasteiger partial charge in [-0.05, 0) is 59.2 Å². The monoisotopic (exact) mass is 410 g/mol. The van der Waals surface area contributed by atoms with Gasteiger partial charge < -0.3 is 10.2 Å². The van der Waals surface area contributed by atoms with E-state index in [1.165, 1.54) is 16.8 Å². The minimum Gasteiger partial charge on any atom is -0.369 e. The standard InChI is InChI=1S/C17H20Br2N2/c1-12(20-2)13-8-9-17(16(19)10-13)21(3)11-14-6-4-5-7-15(14)18/h4-10,12,20H,11H2,1-3H3. The van der Waals surface area contributed by atoms with Crippen LogP contribution >= 0.6 is 31.9 Å². The fraction of sp³-hybridized carbons (Fsp3) is 0.294. The SMILES string of the molecule is CNC(C)c1ccc(N(C)Cc2ccccc2Br)c(Br)c1. The third kappa shape index (κ3) is 4.09. The maximum Gasteiger partial charge on any atom is 0.0511 e. The van der Waals surface area contributed by atoms with Gasteiger partial charge in [0.25, 0.3) is 0 Å². The first-order valence-electron chi connectivity index (χ1n) is 6.94. The molecule has 0 saturated carbocycles. The summed E-state index contributed by atoms with van der Waals surface area (Å²) in [5.41, 5.74) is 3.75. The Labute approximate surface area is 143 Å². The van der Waals surface area contributed by atoms with Gasteiger partial charge in [-0.3, -0.25) is 0 Å². The van der Waals surface area contributed by atoms with E-state index in [-0.39, 0.29) is 0 Å². The van der Waals surface area contributed by atoms with E-state index in [0.29, 0.717) is 6.04 Å². The van der Waals surface area contributed by atoms with Gasteiger partial charge in [0.2, 0.25) is 0 Å². The Morgan fingerprint density at radius 1 is 1.10 bits per heavy atom. The first kappa shape index (κ1) is 16.5. The first-order valence-corrected chi connectivity index (χ1v) is 8.52. The predicted octanol–water partition coefficient (Wildman–Crippen LogP) is 5.13. The Morgan fingerprint density at radius 2 is 1.81 bits per heavy atom. The average molecular weight is 412 g/mol. The third-order valence-electron chi connectivity index (χ3n) is 3.68. The van der Waals surface area contributed by atoms with Crippen LogP contribution in [0.25, 0.3) is 0 Å². The lowest BCUT2D eigenvalue weighted by atomic mass is 10.1. The molecule has 0 bridgehead atoms. The Bertz CT molecular complexity index is 613. The number of nitrogens with zero attached hydrogens (tertiary/aromatic N) is 1. The molecule has 2 aromatic carbocycles. The van der Waals surface area contributed by atoms with Crippen molar-refractivity contribution in [2.45, 2.75) is 19.5 Å². The van der Waals surface area contributed by atoms with Crippen molar-refractivity contribution in [2.75, 3.05) is 19.0 Å². The number of hydrogen-bond donors (Lipinski definition) is 1. The summed E-state index contributed by atoms with van der Waals surface area (Å²) in [6.45, 7) is 3.02. The molecule has 1 atom stereocenters. The van der Waals surface area contributed by atoms with E-state index in [2.05, 4.69) is 92.4 Å². The highest BCUT2D eigenvalue weighted by atomic mass is 79.9. The molecule has 0 amide bonds. The largest absolute Gasteiger partial charge is 0.369 e. The quantitative estimate of drug-likeness (QED) is 0.733. The Hall–Kier alpha value is -0.840. The van der Waals surface area contributed by atoms with Crippen LogP contribution in [0.4, 0.5) is 5.69 Å². The van der Waals surface area contributed by atoms with E-state index < -0.39 is 0 Å². The number of nitrogens with one attached hydrogen (secondary N) is 1. The Balaban J connectivity index is 2.20. The van der Waals surface area contributed by atoms with Gasteiger partial charge in [0.15, 0.2) is 0 Å². The molecular formula is C17H20Br2N2. The number of hydrogen-bond acceptors (Lipinski definition) is 2. The highest BCUT2D eigenvalue weighted by molar-refractivity contribution is 9.11. The molecule has 1 N–H and O–H groups in total. The van der Waals surface area contributed by atoms with Gasteiger partial charge in [0.05, 0.1) is 5.69 Å². The molecule has 0 spiro atoms. The van der Waals surface area contributed by atoms with Crippen LogP contribution in [0.3, 0.4) is 0 Å². The van der Waals surface area contributed by atoms with Crippen molar-refractivity contribution in [3.05, 3.63) is 62.5 Å². The summed E-state index contributed by atoms with van der Waals surface area (Å²) in [6.07, 6.45) is 0. The molecular weight excluding hydrogens is 392 g/mol. The maximum atomic E-state index is 3.70. The molecule has 0 heterocycles. The molecule has 0 radical (unpaired) electrons. The number of benzene rings is 2. The fourth-order valence-electron chi connectivity index (χ4n) is 2.24. The van der Waals surface area contributed by atoms with Crippen molar-refractivity contribution >= 4 is 37.5 Å². The highest BCUT2D eigenvalue weighted by Crippen LogP contribution is 2.30. The molecule has 0 saturated heterocycles. The van der Waals surface area contributed by atoms with Gasteiger partial charge in [0.1, 0.15) is 0 Å². The minimum absolute atomic E-state index is 0.351. The number of halogens is 2. The van der Waals surface area contributed by atoms with Crippen LogP contribution in [0.5, 0.6) is 0 Å². The summed E-state index contributed by atoms with van der Waals surface area (Å²) in [7, 11) is 4.09. The average Bonchev–Trinajstić information content (AvgIpc) is 2.48. The number of rotatable bonds is 5. The summed E-state index contributed by atoms with van der Waals surface area (Å²) in [6, 6.07) is 15.2. The molecule has 0 aliphatic heterocycles. The van der Waals surface area contributed by atoms with Gasteiger partial charge in [-0.2, -0.15) is 0 Å². The van der Waals surface area contributed by atoms with Crippen molar-refractivity contribution < 1.29 is 0 Å². The van der Waals surface area contributed by atoms with Crippen molar-refractivity contribution in [1.29, 1.82) is 0 Å². The predicted molar refractivity (Wildman–Crippen MR) is 97.9 cm³/mol. The second-order valence-corrected chi connectivity index (χ2v) is 6.88. The van der Waals surface area contributed by atoms with E-state index in [1.807, 2.05) is 13.1 Å². The lowest BCUT2D eigenvalue weighted by Crippen LogP contribution is -2.18. The fourth-order valence-corrected chi connectivity index (χ4v) is 3.35. The van der Waals surface area contributed by atoms with E-state index in [1.54, 1.807) is 0 Å². The van der Waals surface area contributed by atoms with Crippen LogP contribution in [0.15, 0.2) is 51.4 Å². The van der Waals surface area contributed by atoms with Gasteiger partial charge in [-0.15, -0.1) is 0 Å². The van der Waals surface area contributed by atoms with Gasteiger partial charge in [0, 0.05) is 28.6 Å².